The maximum atomic E-state index is 5.78. The lowest BCUT2D eigenvalue weighted by Gasteiger charge is -2.27. The van der Waals surface area contributed by atoms with Gasteiger partial charge in [-0.25, -0.2) is 0 Å². The van der Waals surface area contributed by atoms with Gasteiger partial charge < -0.3 is 19.5 Å². The van der Waals surface area contributed by atoms with E-state index in [0.29, 0.717) is 25.9 Å². The SMILES string of the molecule is C1CC(OC[C@H]2COCCO2)CCN1. The normalized spacial score (nSPS) is 30.4. The summed E-state index contributed by atoms with van der Waals surface area (Å²) in [5, 5.41) is 3.32. The van der Waals surface area contributed by atoms with Crippen molar-refractivity contribution >= 4 is 0 Å². The molecule has 0 radical (unpaired) electrons. The van der Waals surface area contributed by atoms with Crippen molar-refractivity contribution in [1.29, 1.82) is 0 Å². The molecule has 82 valence electrons. The molecule has 0 amide bonds. The molecule has 2 saturated heterocycles. The van der Waals surface area contributed by atoms with Crippen LogP contribution >= 0.6 is 0 Å². The highest BCUT2D eigenvalue weighted by Crippen LogP contribution is 2.09. The molecule has 0 aromatic carbocycles. The van der Waals surface area contributed by atoms with Crippen LogP contribution in [0.4, 0.5) is 0 Å². The molecule has 0 spiro atoms. The number of hydrogen-bond acceptors (Lipinski definition) is 4. The average Bonchev–Trinajstić information content (AvgIpc) is 2.29. The van der Waals surface area contributed by atoms with E-state index in [1.807, 2.05) is 0 Å². The first-order valence-electron chi connectivity index (χ1n) is 5.47. The van der Waals surface area contributed by atoms with Gasteiger partial charge in [-0.3, -0.25) is 0 Å². The van der Waals surface area contributed by atoms with E-state index in [4.69, 9.17) is 14.2 Å². The smallest absolute Gasteiger partial charge is 0.104 e. The van der Waals surface area contributed by atoms with E-state index in [1.54, 1.807) is 0 Å². The van der Waals surface area contributed by atoms with Crippen LogP contribution in [0, 0.1) is 0 Å². The van der Waals surface area contributed by atoms with Crippen LogP contribution in [-0.2, 0) is 14.2 Å². The predicted octanol–water partition coefficient (Wildman–Crippen LogP) is 0.170. The third kappa shape index (κ3) is 3.20. The zero-order chi connectivity index (χ0) is 9.64. The lowest BCUT2D eigenvalue weighted by atomic mass is 10.1. The van der Waals surface area contributed by atoms with Crippen LogP contribution in [0.3, 0.4) is 0 Å². The van der Waals surface area contributed by atoms with Gasteiger partial charge in [0.2, 0.25) is 0 Å². The Hall–Kier alpha value is -0.160. The van der Waals surface area contributed by atoms with E-state index in [1.165, 1.54) is 0 Å². The van der Waals surface area contributed by atoms with Gasteiger partial charge >= 0.3 is 0 Å². The maximum absolute atomic E-state index is 5.78. The highest BCUT2D eigenvalue weighted by molar-refractivity contribution is 4.69. The van der Waals surface area contributed by atoms with Crippen LogP contribution in [0.25, 0.3) is 0 Å². The van der Waals surface area contributed by atoms with Crippen molar-refractivity contribution in [2.24, 2.45) is 0 Å². The zero-order valence-electron chi connectivity index (χ0n) is 8.54. The fourth-order valence-corrected chi connectivity index (χ4v) is 1.84. The van der Waals surface area contributed by atoms with Gasteiger partial charge in [-0.05, 0) is 25.9 Å². The molecule has 1 N–H and O–H groups in total. The van der Waals surface area contributed by atoms with Gasteiger partial charge in [0.15, 0.2) is 0 Å². The van der Waals surface area contributed by atoms with Gasteiger partial charge in [-0.15, -0.1) is 0 Å². The summed E-state index contributed by atoms with van der Waals surface area (Å²) in [6.45, 7) is 4.96. The lowest BCUT2D eigenvalue weighted by Crippen LogP contribution is -2.37. The molecule has 4 nitrogen and oxygen atoms in total. The predicted molar refractivity (Wildman–Crippen MR) is 52.4 cm³/mol. The Labute approximate surface area is 84.9 Å². The molecule has 0 aromatic rings. The summed E-state index contributed by atoms with van der Waals surface area (Å²) in [6, 6.07) is 0. The van der Waals surface area contributed by atoms with Crippen LogP contribution in [0.15, 0.2) is 0 Å². The van der Waals surface area contributed by atoms with Crippen molar-refractivity contribution in [3.63, 3.8) is 0 Å². The van der Waals surface area contributed by atoms with Crippen LogP contribution in [0.2, 0.25) is 0 Å². The molecular formula is C10H19NO3. The maximum Gasteiger partial charge on any atom is 0.104 e. The monoisotopic (exact) mass is 201 g/mol. The Bertz CT molecular complexity index is 135. The van der Waals surface area contributed by atoms with E-state index in [9.17, 15) is 0 Å². The van der Waals surface area contributed by atoms with E-state index >= 15 is 0 Å². The van der Waals surface area contributed by atoms with E-state index in [0.717, 1.165) is 32.5 Å². The minimum absolute atomic E-state index is 0.152. The van der Waals surface area contributed by atoms with Crippen molar-refractivity contribution in [3.05, 3.63) is 0 Å². The van der Waals surface area contributed by atoms with Gasteiger partial charge in [0.05, 0.1) is 32.5 Å². The van der Waals surface area contributed by atoms with E-state index in [2.05, 4.69) is 5.32 Å². The lowest BCUT2D eigenvalue weighted by molar-refractivity contribution is -0.127. The summed E-state index contributed by atoms with van der Waals surface area (Å²) in [7, 11) is 0. The number of piperidine rings is 1. The Morgan fingerprint density at radius 2 is 2.07 bits per heavy atom. The molecule has 14 heavy (non-hydrogen) atoms. The second kappa shape index (κ2) is 5.66. The summed E-state index contributed by atoms with van der Waals surface area (Å²) in [5.74, 6) is 0. The number of nitrogens with one attached hydrogen (secondary N) is 1. The Morgan fingerprint density at radius 3 is 2.79 bits per heavy atom. The van der Waals surface area contributed by atoms with Crippen LogP contribution in [0.5, 0.6) is 0 Å². The van der Waals surface area contributed by atoms with Crippen LogP contribution < -0.4 is 5.32 Å². The molecule has 0 bridgehead atoms. The largest absolute Gasteiger partial charge is 0.376 e. The summed E-state index contributed by atoms with van der Waals surface area (Å²) < 4.78 is 16.6. The summed E-state index contributed by atoms with van der Waals surface area (Å²) in [4.78, 5) is 0. The molecule has 0 unspecified atom stereocenters. The highest BCUT2D eigenvalue weighted by Gasteiger charge is 2.18. The second-order valence-corrected chi connectivity index (χ2v) is 3.85. The molecule has 4 heteroatoms. The molecule has 1 atom stereocenters. The van der Waals surface area contributed by atoms with E-state index in [-0.39, 0.29) is 6.10 Å². The first-order chi connectivity index (χ1) is 6.95. The van der Waals surface area contributed by atoms with Crippen molar-refractivity contribution in [3.8, 4) is 0 Å². The van der Waals surface area contributed by atoms with Gasteiger partial charge in [0.25, 0.3) is 0 Å². The fourth-order valence-electron chi connectivity index (χ4n) is 1.84. The summed E-state index contributed by atoms with van der Waals surface area (Å²) >= 11 is 0. The molecule has 2 aliphatic rings. The molecule has 0 aromatic heterocycles. The van der Waals surface area contributed by atoms with Gasteiger partial charge in [0, 0.05) is 0 Å². The molecular weight excluding hydrogens is 182 g/mol. The van der Waals surface area contributed by atoms with Gasteiger partial charge in [-0.1, -0.05) is 0 Å². The molecule has 2 heterocycles. The van der Waals surface area contributed by atoms with Gasteiger partial charge in [0.1, 0.15) is 6.10 Å². The summed E-state index contributed by atoms with van der Waals surface area (Å²) in [5.41, 5.74) is 0. The van der Waals surface area contributed by atoms with Crippen molar-refractivity contribution < 1.29 is 14.2 Å². The third-order valence-electron chi connectivity index (χ3n) is 2.69. The Balaban J connectivity index is 1.60. The molecule has 0 aliphatic carbocycles. The Morgan fingerprint density at radius 1 is 1.21 bits per heavy atom. The highest BCUT2D eigenvalue weighted by atomic mass is 16.6. The molecule has 0 saturated carbocycles. The topological polar surface area (TPSA) is 39.7 Å². The first kappa shape index (κ1) is 10.4. The van der Waals surface area contributed by atoms with Crippen molar-refractivity contribution in [2.45, 2.75) is 25.0 Å². The van der Waals surface area contributed by atoms with Crippen molar-refractivity contribution in [1.82, 2.24) is 5.32 Å². The van der Waals surface area contributed by atoms with Crippen LogP contribution in [0.1, 0.15) is 12.8 Å². The average molecular weight is 201 g/mol. The quantitative estimate of drug-likeness (QED) is 0.706. The minimum atomic E-state index is 0.152. The number of hydrogen-bond donors (Lipinski definition) is 1. The molecule has 2 rings (SSSR count). The first-order valence-corrected chi connectivity index (χ1v) is 5.47. The Kier molecular flexibility index (Phi) is 4.19. The standard InChI is InChI=1S/C10H19NO3/c1-3-11-4-2-9(1)14-8-10-7-12-5-6-13-10/h9-11H,1-8H2/t10-/m1/s1. The second-order valence-electron chi connectivity index (χ2n) is 3.85. The third-order valence-corrected chi connectivity index (χ3v) is 2.69. The van der Waals surface area contributed by atoms with E-state index < -0.39 is 0 Å². The van der Waals surface area contributed by atoms with Crippen LogP contribution in [-0.4, -0.2) is 51.7 Å². The zero-order valence-corrected chi connectivity index (χ0v) is 8.54. The summed E-state index contributed by atoms with van der Waals surface area (Å²) in [6.07, 6.45) is 2.81. The van der Waals surface area contributed by atoms with Gasteiger partial charge in [-0.2, -0.15) is 0 Å². The molecule has 2 aliphatic heterocycles. The number of rotatable bonds is 3. The fraction of sp³-hybridized carbons (Fsp3) is 1.00. The minimum Gasteiger partial charge on any atom is -0.376 e. The van der Waals surface area contributed by atoms with Crippen molar-refractivity contribution in [2.75, 3.05) is 39.5 Å². The number of ether oxygens (including phenoxy) is 3. The molecule has 2 fully saturated rings.